The first-order valence-electron chi connectivity index (χ1n) is 5.49. The van der Waals surface area contributed by atoms with Crippen molar-refractivity contribution in [2.24, 2.45) is 0 Å². The van der Waals surface area contributed by atoms with Gasteiger partial charge in [-0.2, -0.15) is 0 Å². The van der Waals surface area contributed by atoms with Gasteiger partial charge in [-0.1, -0.05) is 0 Å². The molecule has 0 radical (unpaired) electrons. The van der Waals surface area contributed by atoms with E-state index in [0.717, 1.165) is 0 Å². The van der Waals surface area contributed by atoms with Crippen LogP contribution in [0.3, 0.4) is 0 Å². The molecule has 0 unspecified atom stereocenters. The molecule has 4 nitrogen and oxygen atoms in total. The molecule has 0 fully saturated rings. The molecule has 1 aromatic rings. The number of carboxylic acid groups (broad SMARTS) is 1. The number of nitrogens with one attached hydrogen (secondary N) is 1. The third kappa shape index (κ3) is 6.52. The molecule has 0 atom stereocenters. The summed E-state index contributed by atoms with van der Waals surface area (Å²) >= 11 is 0. The van der Waals surface area contributed by atoms with Crippen molar-refractivity contribution in [1.82, 2.24) is 5.32 Å². The van der Waals surface area contributed by atoms with Crippen molar-refractivity contribution in [3.05, 3.63) is 30.1 Å². The highest BCUT2D eigenvalue weighted by Gasteiger charge is 1.96. The Balaban J connectivity index is 2.01. The summed E-state index contributed by atoms with van der Waals surface area (Å²) in [6.45, 7) is 1.76. The van der Waals surface area contributed by atoms with Crippen LogP contribution in [0.4, 0.5) is 4.39 Å². The molecule has 1 aromatic carbocycles. The maximum Gasteiger partial charge on any atom is 0.303 e. The van der Waals surface area contributed by atoms with Gasteiger partial charge in [0.05, 0.1) is 0 Å². The predicted octanol–water partition coefficient (Wildman–Crippen LogP) is 1.66. The van der Waals surface area contributed by atoms with Crippen molar-refractivity contribution in [3.63, 3.8) is 0 Å². The SMILES string of the molecule is O=C(O)CCCNCCOc1ccc(F)cc1. The number of rotatable bonds is 8. The zero-order valence-corrected chi connectivity index (χ0v) is 9.49. The summed E-state index contributed by atoms with van der Waals surface area (Å²) in [4.78, 5) is 10.2. The lowest BCUT2D eigenvalue weighted by Crippen LogP contribution is -2.22. The summed E-state index contributed by atoms with van der Waals surface area (Å²) in [7, 11) is 0. The average Bonchev–Trinajstić information content (AvgIpc) is 2.30. The van der Waals surface area contributed by atoms with Crippen LogP contribution in [-0.4, -0.2) is 30.8 Å². The highest BCUT2D eigenvalue weighted by molar-refractivity contribution is 5.66. The van der Waals surface area contributed by atoms with Crippen molar-refractivity contribution < 1.29 is 19.0 Å². The van der Waals surface area contributed by atoms with Crippen molar-refractivity contribution in [2.75, 3.05) is 19.7 Å². The molecule has 0 saturated carbocycles. The molecule has 2 N–H and O–H groups in total. The lowest BCUT2D eigenvalue weighted by atomic mass is 10.3. The molecule has 5 heteroatoms. The molecule has 0 heterocycles. The lowest BCUT2D eigenvalue weighted by Gasteiger charge is -2.06. The molecule has 1 rings (SSSR count). The summed E-state index contributed by atoms with van der Waals surface area (Å²) in [6.07, 6.45) is 0.775. The number of halogens is 1. The van der Waals surface area contributed by atoms with Gasteiger partial charge in [-0.05, 0) is 37.2 Å². The molecule has 0 bridgehead atoms. The van der Waals surface area contributed by atoms with Crippen molar-refractivity contribution in [3.8, 4) is 5.75 Å². The third-order valence-corrected chi connectivity index (χ3v) is 2.11. The number of carboxylic acids is 1. The zero-order chi connectivity index (χ0) is 12.5. The van der Waals surface area contributed by atoms with Gasteiger partial charge in [-0.15, -0.1) is 0 Å². The van der Waals surface area contributed by atoms with E-state index in [4.69, 9.17) is 9.84 Å². The molecule has 0 amide bonds. The summed E-state index contributed by atoms with van der Waals surface area (Å²) < 4.78 is 17.9. The van der Waals surface area contributed by atoms with Crippen LogP contribution in [0.5, 0.6) is 5.75 Å². The minimum atomic E-state index is -0.783. The molecular formula is C12H16FNO3. The van der Waals surface area contributed by atoms with E-state index in [1.165, 1.54) is 12.1 Å². The standard InChI is InChI=1S/C12H16FNO3/c13-10-3-5-11(6-4-10)17-9-8-14-7-1-2-12(15)16/h3-6,14H,1-2,7-9H2,(H,15,16). The fourth-order valence-corrected chi connectivity index (χ4v) is 1.26. The Morgan fingerprint density at radius 2 is 2.00 bits per heavy atom. The quantitative estimate of drug-likeness (QED) is 0.679. The van der Waals surface area contributed by atoms with Crippen LogP contribution in [0.25, 0.3) is 0 Å². The Morgan fingerprint density at radius 1 is 1.29 bits per heavy atom. The summed E-state index contributed by atoms with van der Waals surface area (Å²) in [5.41, 5.74) is 0. The van der Waals surface area contributed by atoms with Crippen LogP contribution in [0, 0.1) is 5.82 Å². The molecule has 0 aliphatic heterocycles. The smallest absolute Gasteiger partial charge is 0.303 e. The van der Waals surface area contributed by atoms with Gasteiger partial charge in [-0.25, -0.2) is 4.39 Å². The van der Waals surface area contributed by atoms with Gasteiger partial charge in [0.15, 0.2) is 0 Å². The van der Waals surface area contributed by atoms with Crippen molar-refractivity contribution >= 4 is 5.97 Å². The van der Waals surface area contributed by atoms with Crippen LogP contribution < -0.4 is 10.1 Å². The van der Waals surface area contributed by atoms with Crippen molar-refractivity contribution in [2.45, 2.75) is 12.8 Å². The third-order valence-electron chi connectivity index (χ3n) is 2.11. The number of carbonyl (C=O) groups is 1. The van der Waals surface area contributed by atoms with E-state index >= 15 is 0 Å². The van der Waals surface area contributed by atoms with Gasteiger partial charge >= 0.3 is 5.97 Å². The van der Waals surface area contributed by atoms with Crippen LogP contribution in [0.1, 0.15) is 12.8 Å². The first kappa shape index (κ1) is 13.4. The minimum Gasteiger partial charge on any atom is -0.492 e. The molecular weight excluding hydrogens is 225 g/mol. The summed E-state index contributed by atoms with van der Waals surface area (Å²) in [6, 6.07) is 5.82. The Bertz CT molecular complexity index is 340. The lowest BCUT2D eigenvalue weighted by molar-refractivity contribution is -0.137. The maximum absolute atomic E-state index is 12.6. The second-order valence-electron chi connectivity index (χ2n) is 3.55. The molecule has 0 spiro atoms. The number of ether oxygens (including phenoxy) is 1. The van der Waals surface area contributed by atoms with Gasteiger partial charge in [-0.3, -0.25) is 4.79 Å². The van der Waals surface area contributed by atoms with Crippen LogP contribution in [-0.2, 0) is 4.79 Å². The topological polar surface area (TPSA) is 58.6 Å². The largest absolute Gasteiger partial charge is 0.492 e. The minimum absolute atomic E-state index is 0.172. The monoisotopic (exact) mass is 241 g/mol. The van der Waals surface area contributed by atoms with Gasteiger partial charge in [0.1, 0.15) is 18.2 Å². The first-order chi connectivity index (χ1) is 8.18. The average molecular weight is 241 g/mol. The van der Waals surface area contributed by atoms with E-state index in [2.05, 4.69) is 5.32 Å². The second-order valence-corrected chi connectivity index (χ2v) is 3.55. The Labute approximate surface area is 99.4 Å². The fraction of sp³-hybridized carbons (Fsp3) is 0.417. The number of benzene rings is 1. The molecule has 0 saturated heterocycles. The maximum atomic E-state index is 12.6. The molecule has 0 aliphatic rings. The zero-order valence-electron chi connectivity index (χ0n) is 9.49. The van der Waals surface area contributed by atoms with Crippen molar-refractivity contribution in [1.29, 1.82) is 0 Å². The highest BCUT2D eigenvalue weighted by atomic mass is 19.1. The first-order valence-corrected chi connectivity index (χ1v) is 5.49. The second kappa shape index (κ2) is 7.62. The van der Waals surface area contributed by atoms with Crippen LogP contribution in [0.15, 0.2) is 24.3 Å². The Morgan fingerprint density at radius 3 is 2.65 bits per heavy atom. The van der Waals surface area contributed by atoms with Crippen LogP contribution >= 0.6 is 0 Å². The van der Waals surface area contributed by atoms with E-state index in [1.54, 1.807) is 12.1 Å². The molecule has 0 aliphatic carbocycles. The Hall–Kier alpha value is -1.62. The molecule has 0 aromatic heterocycles. The molecule has 94 valence electrons. The summed E-state index contributed by atoms with van der Waals surface area (Å²) in [5, 5.41) is 11.5. The number of hydrogen-bond acceptors (Lipinski definition) is 3. The van der Waals surface area contributed by atoms with E-state index in [1.807, 2.05) is 0 Å². The normalized spacial score (nSPS) is 10.2. The van der Waals surface area contributed by atoms with E-state index in [9.17, 15) is 9.18 Å². The summed E-state index contributed by atoms with van der Waals surface area (Å²) in [5.74, 6) is -0.447. The van der Waals surface area contributed by atoms with E-state index in [-0.39, 0.29) is 12.2 Å². The van der Waals surface area contributed by atoms with Gasteiger partial charge in [0.25, 0.3) is 0 Å². The Kier molecular flexibility index (Phi) is 6.03. The number of hydrogen-bond donors (Lipinski definition) is 2. The van der Waals surface area contributed by atoms with Crippen LogP contribution in [0.2, 0.25) is 0 Å². The van der Waals surface area contributed by atoms with E-state index < -0.39 is 5.97 Å². The molecule has 17 heavy (non-hydrogen) atoms. The van der Waals surface area contributed by atoms with Gasteiger partial charge in [0.2, 0.25) is 0 Å². The van der Waals surface area contributed by atoms with Gasteiger partial charge < -0.3 is 15.2 Å². The van der Waals surface area contributed by atoms with E-state index in [0.29, 0.717) is 31.9 Å². The van der Waals surface area contributed by atoms with Gasteiger partial charge in [0, 0.05) is 13.0 Å². The number of aliphatic carboxylic acids is 1. The highest BCUT2D eigenvalue weighted by Crippen LogP contribution is 2.10. The fourth-order valence-electron chi connectivity index (χ4n) is 1.26. The predicted molar refractivity (Wildman–Crippen MR) is 61.6 cm³/mol.